The van der Waals surface area contributed by atoms with E-state index in [1.54, 1.807) is 0 Å². The zero-order chi connectivity index (χ0) is 16.6. The summed E-state index contributed by atoms with van der Waals surface area (Å²) < 4.78 is 12.0. The van der Waals surface area contributed by atoms with E-state index in [1.807, 2.05) is 6.92 Å². The van der Waals surface area contributed by atoms with Crippen molar-refractivity contribution in [3.05, 3.63) is 0 Å². The fourth-order valence-corrected chi connectivity index (χ4v) is 4.11. The zero-order valence-electron chi connectivity index (χ0n) is 15.1. The Morgan fingerprint density at radius 2 is 2.00 bits per heavy atom. The molecule has 3 atom stereocenters. The Morgan fingerprint density at radius 1 is 1.27 bits per heavy atom. The SMILES string of the molecule is CCNC(=NCCC(C)(C)C)NC1CCCC(S(=O)CC)C1. The standard InChI is InChI=1S/C17H35N3OS/c1-6-18-16(19-12-11-17(3,4)5)20-14-9-8-10-15(13-14)22(21)7-2/h14-15H,6-13H2,1-5H3,(H2,18,19,20). The van der Waals surface area contributed by atoms with E-state index < -0.39 is 10.8 Å². The van der Waals surface area contributed by atoms with E-state index in [9.17, 15) is 4.21 Å². The van der Waals surface area contributed by atoms with Crippen LogP contribution in [0, 0.1) is 5.41 Å². The first-order chi connectivity index (χ1) is 10.4. The van der Waals surface area contributed by atoms with Gasteiger partial charge in [0.1, 0.15) is 0 Å². The topological polar surface area (TPSA) is 53.5 Å². The second kappa shape index (κ2) is 9.53. The quantitative estimate of drug-likeness (QED) is 0.582. The second-order valence-corrected chi connectivity index (χ2v) is 9.38. The number of hydrogen-bond acceptors (Lipinski definition) is 2. The lowest BCUT2D eigenvalue weighted by Gasteiger charge is -2.30. The van der Waals surface area contributed by atoms with Crippen molar-refractivity contribution in [3.8, 4) is 0 Å². The molecule has 0 radical (unpaired) electrons. The van der Waals surface area contributed by atoms with Gasteiger partial charge in [0, 0.05) is 40.9 Å². The summed E-state index contributed by atoms with van der Waals surface area (Å²) in [5, 5.41) is 7.25. The third kappa shape index (κ3) is 7.61. The number of aliphatic imine (C=N–C) groups is 1. The molecule has 0 spiro atoms. The lowest BCUT2D eigenvalue weighted by molar-refractivity contribution is 0.383. The maximum absolute atomic E-state index is 12.0. The van der Waals surface area contributed by atoms with E-state index in [2.05, 4.69) is 38.3 Å². The van der Waals surface area contributed by atoms with Crippen LogP contribution < -0.4 is 10.6 Å². The molecular formula is C17H35N3OS. The molecule has 0 amide bonds. The van der Waals surface area contributed by atoms with Crippen LogP contribution in [0.1, 0.15) is 66.7 Å². The highest BCUT2D eigenvalue weighted by atomic mass is 32.2. The minimum atomic E-state index is -0.670. The Bertz CT molecular complexity index is 377. The molecule has 130 valence electrons. The third-order valence-corrected chi connectivity index (χ3v) is 5.84. The van der Waals surface area contributed by atoms with Crippen LogP contribution in [0.3, 0.4) is 0 Å². The number of rotatable bonds is 6. The highest BCUT2D eigenvalue weighted by Gasteiger charge is 2.26. The normalized spacial score (nSPS) is 24.9. The van der Waals surface area contributed by atoms with Gasteiger partial charge in [-0.05, 0) is 38.0 Å². The molecule has 4 nitrogen and oxygen atoms in total. The minimum Gasteiger partial charge on any atom is -0.357 e. The molecule has 5 heteroatoms. The van der Waals surface area contributed by atoms with Gasteiger partial charge >= 0.3 is 0 Å². The average Bonchev–Trinajstić information content (AvgIpc) is 2.45. The smallest absolute Gasteiger partial charge is 0.191 e. The van der Waals surface area contributed by atoms with E-state index in [0.29, 0.717) is 16.7 Å². The monoisotopic (exact) mass is 329 g/mol. The highest BCUT2D eigenvalue weighted by molar-refractivity contribution is 7.85. The van der Waals surface area contributed by atoms with Crippen molar-refractivity contribution >= 4 is 16.8 Å². The molecule has 1 aliphatic rings. The van der Waals surface area contributed by atoms with E-state index in [0.717, 1.165) is 56.9 Å². The second-order valence-electron chi connectivity index (χ2n) is 7.37. The summed E-state index contributed by atoms with van der Waals surface area (Å²) in [6.45, 7) is 12.6. The van der Waals surface area contributed by atoms with Crippen LogP contribution in [-0.4, -0.2) is 40.3 Å². The first-order valence-corrected chi connectivity index (χ1v) is 10.2. The van der Waals surface area contributed by atoms with Crippen LogP contribution in [0.4, 0.5) is 0 Å². The third-order valence-electron chi connectivity index (χ3n) is 4.10. The Morgan fingerprint density at radius 3 is 2.59 bits per heavy atom. The molecule has 0 aromatic carbocycles. The van der Waals surface area contributed by atoms with Crippen LogP contribution in [-0.2, 0) is 10.8 Å². The zero-order valence-corrected chi connectivity index (χ0v) is 15.9. The van der Waals surface area contributed by atoms with Gasteiger partial charge in [-0.1, -0.05) is 34.1 Å². The van der Waals surface area contributed by atoms with Crippen LogP contribution in [0.2, 0.25) is 0 Å². The van der Waals surface area contributed by atoms with Crippen molar-refractivity contribution in [3.63, 3.8) is 0 Å². The molecule has 22 heavy (non-hydrogen) atoms. The maximum Gasteiger partial charge on any atom is 0.191 e. The van der Waals surface area contributed by atoms with E-state index >= 15 is 0 Å². The molecule has 0 aliphatic heterocycles. The van der Waals surface area contributed by atoms with E-state index in [1.165, 1.54) is 0 Å². The van der Waals surface area contributed by atoms with E-state index in [-0.39, 0.29) is 0 Å². The molecule has 1 saturated carbocycles. The summed E-state index contributed by atoms with van der Waals surface area (Å²) in [7, 11) is -0.670. The van der Waals surface area contributed by atoms with Crippen LogP contribution in [0.15, 0.2) is 4.99 Å². The van der Waals surface area contributed by atoms with Crippen molar-refractivity contribution in [1.29, 1.82) is 0 Å². The Hall–Kier alpha value is -0.580. The van der Waals surface area contributed by atoms with Crippen LogP contribution in [0.5, 0.6) is 0 Å². The number of hydrogen-bond donors (Lipinski definition) is 2. The summed E-state index contributed by atoms with van der Waals surface area (Å²) in [6, 6.07) is 0.404. The number of nitrogens with one attached hydrogen (secondary N) is 2. The molecule has 1 fully saturated rings. The molecule has 0 aromatic heterocycles. The molecule has 1 rings (SSSR count). The van der Waals surface area contributed by atoms with Crippen molar-refractivity contribution < 1.29 is 4.21 Å². The van der Waals surface area contributed by atoms with Crippen molar-refractivity contribution in [2.75, 3.05) is 18.8 Å². The Kier molecular flexibility index (Phi) is 8.44. The lowest BCUT2D eigenvalue weighted by Crippen LogP contribution is -2.46. The molecule has 0 bridgehead atoms. The van der Waals surface area contributed by atoms with Crippen molar-refractivity contribution in [2.24, 2.45) is 10.4 Å². The highest BCUT2D eigenvalue weighted by Crippen LogP contribution is 2.23. The van der Waals surface area contributed by atoms with Gasteiger partial charge in [-0.15, -0.1) is 0 Å². The summed E-state index contributed by atoms with van der Waals surface area (Å²) >= 11 is 0. The number of guanidine groups is 1. The largest absolute Gasteiger partial charge is 0.357 e. The van der Waals surface area contributed by atoms with Crippen molar-refractivity contribution in [1.82, 2.24) is 10.6 Å². The summed E-state index contributed by atoms with van der Waals surface area (Å²) in [5.41, 5.74) is 0.314. The fourth-order valence-electron chi connectivity index (χ4n) is 2.77. The summed E-state index contributed by atoms with van der Waals surface area (Å²) in [5.74, 6) is 1.69. The van der Waals surface area contributed by atoms with Gasteiger partial charge in [0.05, 0.1) is 0 Å². The van der Waals surface area contributed by atoms with Crippen LogP contribution in [0.25, 0.3) is 0 Å². The Balaban J connectivity index is 2.54. The van der Waals surface area contributed by atoms with Gasteiger partial charge < -0.3 is 10.6 Å². The maximum atomic E-state index is 12.0. The molecule has 0 saturated heterocycles. The molecule has 1 aliphatic carbocycles. The van der Waals surface area contributed by atoms with Gasteiger partial charge in [0.15, 0.2) is 5.96 Å². The number of nitrogens with zero attached hydrogens (tertiary/aromatic N) is 1. The van der Waals surface area contributed by atoms with Gasteiger partial charge in [-0.25, -0.2) is 0 Å². The predicted octanol–water partition coefficient (Wildman–Crippen LogP) is 3.06. The summed E-state index contributed by atoms with van der Waals surface area (Å²) in [6.07, 6.45) is 5.51. The first-order valence-electron chi connectivity index (χ1n) is 8.77. The predicted molar refractivity (Wildman–Crippen MR) is 97.9 cm³/mol. The molecule has 3 unspecified atom stereocenters. The van der Waals surface area contributed by atoms with Gasteiger partial charge in [0.2, 0.25) is 0 Å². The Labute approximate surface area is 139 Å². The summed E-state index contributed by atoms with van der Waals surface area (Å²) in [4.78, 5) is 4.70. The van der Waals surface area contributed by atoms with Gasteiger partial charge in [-0.3, -0.25) is 9.20 Å². The average molecular weight is 330 g/mol. The lowest BCUT2D eigenvalue weighted by atomic mass is 9.92. The van der Waals surface area contributed by atoms with Crippen molar-refractivity contribution in [2.45, 2.75) is 78.0 Å². The molecular weight excluding hydrogens is 294 g/mol. The van der Waals surface area contributed by atoms with E-state index in [4.69, 9.17) is 4.99 Å². The van der Waals surface area contributed by atoms with Crippen LogP contribution >= 0.6 is 0 Å². The first kappa shape index (κ1) is 19.5. The molecule has 2 N–H and O–H groups in total. The van der Waals surface area contributed by atoms with Gasteiger partial charge in [-0.2, -0.15) is 0 Å². The molecule has 0 aromatic rings. The minimum absolute atomic E-state index is 0.314. The van der Waals surface area contributed by atoms with Gasteiger partial charge in [0.25, 0.3) is 0 Å². The fraction of sp³-hybridized carbons (Fsp3) is 0.941. The molecule has 0 heterocycles.